The normalized spacial score (nSPS) is 26.9. The lowest BCUT2D eigenvalue weighted by Crippen LogP contribution is -2.50. The molecule has 0 bridgehead atoms. The first kappa shape index (κ1) is 21.2. The molecule has 3 aliphatic carbocycles. The van der Waals surface area contributed by atoms with Gasteiger partial charge in [-0.3, -0.25) is 19.7 Å². The first-order chi connectivity index (χ1) is 16.6. The summed E-state index contributed by atoms with van der Waals surface area (Å²) in [5.74, 6) is 0.733. The number of allylic oxidation sites excluding steroid dienone is 8. The molecule has 3 unspecified atom stereocenters. The van der Waals surface area contributed by atoms with Crippen molar-refractivity contribution < 1.29 is 9.18 Å². The van der Waals surface area contributed by atoms with Crippen LogP contribution in [-0.2, 0) is 11.2 Å². The Morgan fingerprint density at radius 2 is 1.88 bits per heavy atom. The molecular formula is C29H28FN3O. The van der Waals surface area contributed by atoms with Crippen molar-refractivity contribution in [1.29, 1.82) is 0 Å². The highest BCUT2D eigenvalue weighted by Gasteiger charge is 2.42. The number of carbonyl (C=O) groups excluding carboxylic acids is 1. The molecule has 34 heavy (non-hydrogen) atoms. The van der Waals surface area contributed by atoms with Gasteiger partial charge in [-0.15, -0.1) is 0 Å². The Balaban J connectivity index is 1.43. The van der Waals surface area contributed by atoms with Crippen molar-refractivity contribution in [2.24, 2.45) is 9.98 Å². The number of amides is 1. The smallest absolute Gasteiger partial charge is 0.257 e. The number of carbonyl (C=O) groups is 1. The minimum atomic E-state index is -0.937. The van der Waals surface area contributed by atoms with Crippen molar-refractivity contribution in [3.63, 3.8) is 0 Å². The maximum absolute atomic E-state index is 13.7. The van der Waals surface area contributed by atoms with Gasteiger partial charge in [0.2, 0.25) is 0 Å². The SMILES string of the molecule is CC1=CC=c2c(ccc3c2=NC(CC2=CCCC=C2)C2=NC(CC4=CCC(F)C=C4)C(=O)N23)C1. The molecule has 0 spiro atoms. The monoisotopic (exact) mass is 453 g/mol. The van der Waals surface area contributed by atoms with E-state index in [1.165, 1.54) is 16.7 Å². The van der Waals surface area contributed by atoms with Crippen LogP contribution in [0.1, 0.15) is 44.6 Å². The summed E-state index contributed by atoms with van der Waals surface area (Å²) >= 11 is 0. The van der Waals surface area contributed by atoms with E-state index in [0.717, 1.165) is 53.4 Å². The average Bonchev–Trinajstić information content (AvgIpc) is 3.17. The van der Waals surface area contributed by atoms with Gasteiger partial charge in [0.05, 0.1) is 11.0 Å². The van der Waals surface area contributed by atoms with Crippen molar-refractivity contribution in [3.8, 4) is 0 Å². The quantitative estimate of drug-likeness (QED) is 0.668. The van der Waals surface area contributed by atoms with E-state index in [1.807, 2.05) is 17.0 Å². The zero-order chi connectivity index (χ0) is 23.2. The van der Waals surface area contributed by atoms with E-state index in [-0.39, 0.29) is 11.9 Å². The van der Waals surface area contributed by atoms with E-state index < -0.39 is 12.2 Å². The Morgan fingerprint density at radius 1 is 1.03 bits per heavy atom. The van der Waals surface area contributed by atoms with Gasteiger partial charge in [-0.25, -0.2) is 4.39 Å². The number of hydrogen-bond donors (Lipinski definition) is 0. The molecule has 2 heterocycles. The maximum atomic E-state index is 13.7. The van der Waals surface area contributed by atoms with Crippen LogP contribution in [-0.4, -0.2) is 30.0 Å². The summed E-state index contributed by atoms with van der Waals surface area (Å²) < 4.78 is 13.5. The number of benzene rings is 1. The van der Waals surface area contributed by atoms with Crippen molar-refractivity contribution in [3.05, 3.63) is 87.5 Å². The molecule has 0 radical (unpaired) electrons. The summed E-state index contributed by atoms with van der Waals surface area (Å²) in [5, 5.41) is 2.01. The van der Waals surface area contributed by atoms with Gasteiger partial charge in [0, 0.05) is 24.5 Å². The van der Waals surface area contributed by atoms with Crippen molar-refractivity contribution >= 4 is 23.5 Å². The Labute approximate surface area is 199 Å². The molecule has 5 aliphatic rings. The number of alkyl halides is 1. The third-order valence-electron chi connectivity index (χ3n) is 7.19. The molecule has 6 rings (SSSR count). The van der Waals surface area contributed by atoms with Crippen LogP contribution in [0.5, 0.6) is 0 Å². The number of hydrogen-bond acceptors (Lipinski definition) is 3. The number of amidine groups is 1. The van der Waals surface area contributed by atoms with Crippen LogP contribution < -0.4 is 15.5 Å². The summed E-state index contributed by atoms with van der Waals surface area (Å²) in [4.78, 5) is 25.6. The average molecular weight is 454 g/mol. The van der Waals surface area contributed by atoms with Gasteiger partial charge in [-0.2, -0.15) is 0 Å². The fourth-order valence-electron chi connectivity index (χ4n) is 5.43. The summed E-state index contributed by atoms with van der Waals surface area (Å²) in [5.41, 5.74) is 5.62. The lowest BCUT2D eigenvalue weighted by atomic mass is 9.95. The predicted octanol–water partition coefficient (Wildman–Crippen LogP) is 4.37. The van der Waals surface area contributed by atoms with E-state index in [9.17, 15) is 9.18 Å². The Kier molecular flexibility index (Phi) is 5.28. The van der Waals surface area contributed by atoms with Gasteiger partial charge in [-0.05, 0) is 49.0 Å². The van der Waals surface area contributed by atoms with E-state index in [2.05, 4.69) is 43.4 Å². The number of halogens is 1. The highest BCUT2D eigenvalue weighted by molar-refractivity contribution is 6.25. The predicted molar refractivity (Wildman–Crippen MR) is 134 cm³/mol. The number of anilines is 1. The molecule has 0 N–H and O–H groups in total. The number of rotatable bonds is 4. The number of nitrogens with zero attached hydrogens (tertiary/aromatic N) is 3. The molecule has 0 saturated heterocycles. The fourth-order valence-corrected chi connectivity index (χ4v) is 5.43. The second kappa shape index (κ2) is 8.46. The van der Waals surface area contributed by atoms with Crippen LogP contribution in [0.25, 0.3) is 6.08 Å². The summed E-state index contributed by atoms with van der Waals surface area (Å²) in [6, 6.07) is 3.45. The van der Waals surface area contributed by atoms with E-state index in [4.69, 9.17) is 9.98 Å². The second-order valence-electron chi connectivity index (χ2n) is 9.74. The van der Waals surface area contributed by atoms with E-state index >= 15 is 0 Å². The molecule has 0 saturated carbocycles. The van der Waals surface area contributed by atoms with Gasteiger partial charge in [0.1, 0.15) is 24.1 Å². The van der Waals surface area contributed by atoms with Crippen molar-refractivity contribution in [2.45, 2.75) is 63.7 Å². The molecular weight excluding hydrogens is 425 g/mol. The van der Waals surface area contributed by atoms with Crippen LogP contribution in [0.4, 0.5) is 10.1 Å². The Hall–Kier alpha value is -3.34. The Morgan fingerprint density at radius 3 is 2.68 bits per heavy atom. The van der Waals surface area contributed by atoms with Gasteiger partial charge >= 0.3 is 0 Å². The highest BCUT2D eigenvalue weighted by atomic mass is 19.1. The second-order valence-corrected chi connectivity index (χ2v) is 9.74. The zero-order valence-electron chi connectivity index (χ0n) is 19.4. The lowest BCUT2D eigenvalue weighted by Gasteiger charge is -2.29. The topological polar surface area (TPSA) is 45.0 Å². The molecule has 1 aromatic carbocycles. The third kappa shape index (κ3) is 3.73. The first-order valence-electron chi connectivity index (χ1n) is 12.2. The van der Waals surface area contributed by atoms with Gasteiger partial charge < -0.3 is 0 Å². The highest BCUT2D eigenvalue weighted by Crippen LogP contribution is 2.31. The van der Waals surface area contributed by atoms with E-state index in [0.29, 0.717) is 12.8 Å². The molecule has 172 valence electrons. The van der Waals surface area contributed by atoms with Gasteiger partial charge in [-0.1, -0.05) is 60.2 Å². The van der Waals surface area contributed by atoms with Crippen LogP contribution >= 0.6 is 0 Å². The third-order valence-corrected chi connectivity index (χ3v) is 7.19. The summed E-state index contributed by atoms with van der Waals surface area (Å²) in [7, 11) is 0. The van der Waals surface area contributed by atoms with Crippen molar-refractivity contribution in [2.75, 3.05) is 4.90 Å². The lowest BCUT2D eigenvalue weighted by molar-refractivity contribution is -0.118. The van der Waals surface area contributed by atoms with Crippen molar-refractivity contribution in [1.82, 2.24) is 0 Å². The van der Waals surface area contributed by atoms with Gasteiger partial charge in [0.15, 0.2) is 0 Å². The number of aliphatic imine (C=N–C) groups is 1. The molecule has 1 aromatic rings. The molecule has 3 atom stereocenters. The molecule has 1 amide bonds. The summed E-state index contributed by atoms with van der Waals surface area (Å²) in [6.45, 7) is 2.14. The fraction of sp³-hybridized carbons (Fsp3) is 0.345. The van der Waals surface area contributed by atoms with Crippen LogP contribution in [0, 0.1) is 0 Å². The van der Waals surface area contributed by atoms with Crippen LogP contribution in [0.2, 0.25) is 0 Å². The Bertz CT molecular complexity index is 1370. The molecule has 2 aliphatic heterocycles. The van der Waals surface area contributed by atoms with E-state index in [1.54, 1.807) is 12.2 Å². The largest absolute Gasteiger partial charge is 0.272 e. The zero-order valence-corrected chi connectivity index (χ0v) is 19.4. The molecule has 0 fully saturated rings. The molecule has 4 nitrogen and oxygen atoms in total. The summed E-state index contributed by atoms with van der Waals surface area (Å²) in [6.07, 6.45) is 19.9. The standard InChI is InChI=1S/C29H28FN3O/c1-18-7-13-23-21(15-18)10-14-26-27(23)31-24(16-19-5-3-2-4-6-19)28-32-25(29(34)33(26)28)17-20-8-11-22(30)12-9-20/h3,5-11,13-14,22,24-25H,2,4,12,15-17H2,1H3. The van der Waals surface area contributed by atoms with Gasteiger partial charge in [0.25, 0.3) is 5.91 Å². The van der Waals surface area contributed by atoms with Crippen LogP contribution in [0.15, 0.2) is 81.4 Å². The minimum absolute atomic E-state index is 0.0107. The molecule has 5 heteroatoms. The maximum Gasteiger partial charge on any atom is 0.257 e. The number of fused-ring (bicyclic) bond motifs is 5. The molecule has 0 aromatic heterocycles. The first-order valence-corrected chi connectivity index (χ1v) is 12.2. The minimum Gasteiger partial charge on any atom is -0.272 e. The van der Waals surface area contributed by atoms with Crippen LogP contribution in [0.3, 0.4) is 0 Å².